The third kappa shape index (κ3) is 2.16. The lowest BCUT2D eigenvalue weighted by molar-refractivity contribution is 0.535. The van der Waals surface area contributed by atoms with Crippen LogP contribution in [0.1, 0.15) is 28.2 Å². The van der Waals surface area contributed by atoms with Crippen LogP contribution < -0.4 is 5.32 Å². The minimum atomic E-state index is 0.693. The van der Waals surface area contributed by atoms with Crippen molar-refractivity contribution in [3.63, 3.8) is 0 Å². The minimum absolute atomic E-state index is 0.693. The molecule has 1 aromatic heterocycles. The van der Waals surface area contributed by atoms with Gasteiger partial charge in [-0.1, -0.05) is 24.3 Å². The standard InChI is InChI=1S/C16H18N2/c1-12-6-7-17-10-15(12)11-18-9-14-8-13-4-2-3-5-16(13)14/h2-7,10,14,18H,8-9,11H2,1H3. The zero-order valence-electron chi connectivity index (χ0n) is 10.7. The second kappa shape index (κ2) is 4.91. The first kappa shape index (κ1) is 11.4. The summed E-state index contributed by atoms with van der Waals surface area (Å²) in [6.07, 6.45) is 5.02. The van der Waals surface area contributed by atoms with Crippen LogP contribution in [-0.4, -0.2) is 11.5 Å². The first-order valence-corrected chi connectivity index (χ1v) is 6.52. The van der Waals surface area contributed by atoms with Crippen LogP contribution in [0.4, 0.5) is 0 Å². The largest absolute Gasteiger partial charge is 0.312 e. The van der Waals surface area contributed by atoms with Crippen molar-refractivity contribution in [1.29, 1.82) is 0 Å². The number of hydrogen-bond acceptors (Lipinski definition) is 2. The number of pyridine rings is 1. The van der Waals surface area contributed by atoms with Gasteiger partial charge in [-0.05, 0) is 41.7 Å². The van der Waals surface area contributed by atoms with Crippen LogP contribution in [0.5, 0.6) is 0 Å². The third-order valence-electron chi connectivity index (χ3n) is 3.81. The van der Waals surface area contributed by atoms with E-state index in [1.807, 2.05) is 12.4 Å². The van der Waals surface area contributed by atoms with Crippen molar-refractivity contribution < 1.29 is 0 Å². The molecule has 0 saturated carbocycles. The molecule has 0 spiro atoms. The summed E-state index contributed by atoms with van der Waals surface area (Å²) in [5, 5.41) is 3.55. The van der Waals surface area contributed by atoms with E-state index in [9.17, 15) is 0 Å². The minimum Gasteiger partial charge on any atom is -0.312 e. The zero-order chi connectivity index (χ0) is 12.4. The van der Waals surface area contributed by atoms with Gasteiger partial charge in [-0.25, -0.2) is 0 Å². The molecule has 1 heterocycles. The second-order valence-electron chi connectivity index (χ2n) is 5.03. The molecule has 1 aromatic carbocycles. The van der Waals surface area contributed by atoms with Crippen molar-refractivity contribution in [2.75, 3.05) is 6.54 Å². The molecule has 2 heteroatoms. The van der Waals surface area contributed by atoms with Gasteiger partial charge in [-0.15, -0.1) is 0 Å². The van der Waals surface area contributed by atoms with Crippen LogP contribution in [0.3, 0.4) is 0 Å². The van der Waals surface area contributed by atoms with Crippen LogP contribution >= 0.6 is 0 Å². The highest BCUT2D eigenvalue weighted by molar-refractivity contribution is 5.40. The maximum absolute atomic E-state index is 4.17. The number of fused-ring (bicyclic) bond motifs is 1. The molecule has 3 rings (SSSR count). The smallest absolute Gasteiger partial charge is 0.0315 e. The van der Waals surface area contributed by atoms with E-state index in [4.69, 9.17) is 0 Å². The molecule has 0 amide bonds. The van der Waals surface area contributed by atoms with E-state index >= 15 is 0 Å². The lowest BCUT2D eigenvalue weighted by Crippen LogP contribution is -2.29. The average Bonchev–Trinajstić information content (AvgIpc) is 2.37. The van der Waals surface area contributed by atoms with Crippen molar-refractivity contribution in [1.82, 2.24) is 10.3 Å². The van der Waals surface area contributed by atoms with Crippen molar-refractivity contribution in [2.45, 2.75) is 25.8 Å². The number of aryl methyl sites for hydroxylation is 1. The molecule has 2 aromatic rings. The van der Waals surface area contributed by atoms with Crippen molar-refractivity contribution in [2.24, 2.45) is 0 Å². The fourth-order valence-electron chi connectivity index (χ4n) is 2.61. The Morgan fingerprint density at radius 2 is 2.17 bits per heavy atom. The molecule has 1 aliphatic carbocycles. The summed E-state index contributed by atoms with van der Waals surface area (Å²) in [6.45, 7) is 4.11. The average molecular weight is 238 g/mol. The van der Waals surface area contributed by atoms with Crippen LogP contribution in [0.2, 0.25) is 0 Å². The van der Waals surface area contributed by atoms with E-state index in [0.717, 1.165) is 13.1 Å². The van der Waals surface area contributed by atoms with Gasteiger partial charge in [0.2, 0.25) is 0 Å². The van der Waals surface area contributed by atoms with E-state index in [0.29, 0.717) is 5.92 Å². The number of hydrogen-bond donors (Lipinski definition) is 1. The van der Waals surface area contributed by atoms with E-state index < -0.39 is 0 Å². The molecule has 0 fully saturated rings. The van der Waals surface area contributed by atoms with Gasteiger partial charge in [-0.3, -0.25) is 4.98 Å². The summed E-state index contributed by atoms with van der Waals surface area (Å²) in [5.74, 6) is 0.693. The van der Waals surface area contributed by atoms with E-state index in [-0.39, 0.29) is 0 Å². The fraction of sp³-hybridized carbons (Fsp3) is 0.312. The monoisotopic (exact) mass is 238 g/mol. The Balaban J connectivity index is 1.54. The first-order valence-electron chi connectivity index (χ1n) is 6.52. The fourth-order valence-corrected chi connectivity index (χ4v) is 2.61. The molecule has 1 unspecified atom stereocenters. The van der Waals surface area contributed by atoms with Gasteiger partial charge in [-0.2, -0.15) is 0 Å². The Bertz CT molecular complexity index is 548. The summed E-state index contributed by atoms with van der Waals surface area (Å²) in [5.41, 5.74) is 5.64. The van der Waals surface area contributed by atoms with Crippen molar-refractivity contribution in [3.05, 3.63) is 65.0 Å². The predicted octanol–water partition coefficient (Wildman–Crippen LogP) is 2.82. The molecule has 1 atom stereocenters. The summed E-state index contributed by atoms with van der Waals surface area (Å²) >= 11 is 0. The van der Waals surface area contributed by atoms with Gasteiger partial charge in [0.15, 0.2) is 0 Å². The number of rotatable bonds is 4. The highest BCUT2D eigenvalue weighted by atomic mass is 14.9. The van der Waals surface area contributed by atoms with E-state index in [1.54, 1.807) is 0 Å². The zero-order valence-corrected chi connectivity index (χ0v) is 10.7. The van der Waals surface area contributed by atoms with Crippen LogP contribution in [0.15, 0.2) is 42.7 Å². The quantitative estimate of drug-likeness (QED) is 0.886. The Kier molecular flexibility index (Phi) is 3.11. The Morgan fingerprint density at radius 1 is 1.28 bits per heavy atom. The highest BCUT2D eigenvalue weighted by Gasteiger charge is 2.24. The summed E-state index contributed by atoms with van der Waals surface area (Å²) in [6, 6.07) is 10.8. The van der Waals surface area contributed by atoms with Crippen LogP contribution in [0, 0.1) is 6.92 Å². The van der Waals surface area contributed by atoms with Gasteiger partial charge in [0, 0.05) is 31.4 Å². The molecule has 0 aliphatic heterocycles. The van der Waals surface area contributed by atoms with Gasteiger partial charge in [0.25, 0.3) is 0 Å². The molecule has 2 nitrogen and oxygen atoms in total. The normalized spacial score (nSPS) is 17.1. The Hall–Kier alpha value is -1.67. The predicted molar refractivity (Wildman–Crippen MR) is 73.6 cm³/mol. The third-order valence-corrected chi connectivity index (χ3v) is 3.81. The SMILES string of the molecule is Cc1ccncc1CNCC1Cc2ccccc21. The van der Waals surface area contributed by atoms with Gasteiger partial charge in [0.05, 0.1) is 0 Å². The molecular weight excluding hydrogens is 220 g/mol. The molecule has 1 N–H and O–H groups in total. The Morgan fingerprint density at radius 3 is 3.00 bits per heavy atom. The Labute approximate surface area is 108 Å². The van der Waals surface area contributed by atoms with E-state index in [2.05, 4.69) is 47.6 Å². The number of nitrogens with one attached hydrogen (secondary N) is 1. The van der Waals surface area contributed by atoms with Crippen LogP contribution in [0.25, 0.3) is 0 Å². The summed E-state index contributed by atoms with van der Waals surface area (Å²) in [7, 11) is 0. The second-order valence-corrected chi connectivity index (χ2v) is 5.03. The number of nitrogens with zero attached hydrogens (tertiary/aromatic N) is 1. The van der Waals surface area contributed by atoms with Crippen LogP contribution in [-0.2, 0) is 13.0 Å². The maximum atomic E-state index is 4.17. The van der Waals surface area contributed by atoms with Gasteiger partial charge >= 0.3 is 0 Å². The summed E-state index contributed by atoms with van der Waals surface area (Å²) < 4.78 is 0. The van der Waals surface area contributed by atoms with Crippen molar-refractivity contribution in [3.8, 4) is 0 Å². The number of benzene rings is 1. The molecule has 18 heavy (non-hydrogen) atoms. The molecule has 0 bridgehead atoms. The van der Waals surface area contributed by atoms with Gasteiger partial charge in [0.1, 0.15) is 0 Å². The highest BCUT2D eigenvalue weighted by Crippen LogP contribution is 2.33. The molecular formula is C16H18N2. The van der Waals surface area contributed by atoms with Gasteiger partial charge < -0.3 is 5.32 Å². The first-order chi connectivity index (χ1) is 8.84. The van der Waals surface area contributed by atoms with E-state index in [1.165, 1.54) is 28.7 Å². The molecule has 92 valence electrons. The lowest BCUT2D eigenvalue weighted by Gasteiger charge is -2.30. The summed E-state index contributed by atoms with van der Waals surface area (Å²) in [4.78, 5) is 4.17. The maximum Gasteiger partial charge on any atom is 0.0315 e. The lowest BCUT2D eigenvalue weighted by atomic mass is 9.77. The van der Waals surface area contributed by atoms with Crippen molar-refractivity contribution >= 4 is 0 Å². The topological polar surface area (TPSA) is 24.9 Å². The molecule has 0 radical (unpaired) electrons. The number of aromatic nitrogens is 1. The molecule has 1 aliphatic rings. The molecule has 0 saturated heterocycles.